The van der Waals surface area contributed by atoms with Crippen LogP contribution in [0.5, 0.6) is 0 Å². The smallest absolute Gasteiger partial charge is 0.244 e. The predicted octanol–water partition coefficient (Wildman–Crippen LogP) is 4.20. The fraction of sp³-hybridized carbons (Fsp3) is 0.308. The second kappa shape index (κ2) is 11.1. The van der Waals surface area contributed by atoms with Crippen molar-refractivity contribution in [2.45, 2.75) is 39.4 Å². The van der Waals surface area contributed by atoms with E-state index in [1.54, 1.807) is 43.3 Å². The molecule has 3 rings (SSSR count). The molecule has 3 aromatic rings. The van der Waals surface area contributed by atoms with Gasteiger partial charge in [-0.2, -0.15) is 0 Å². The fourth-order valence-corrected chi connectivity index (χ4v) is 4.78. The number of sulfonamides is 1. The van der Waals surface area contributed by atoms with Gasteiger partial charge in [0.25, 0.3) is 0 Å². The Balaban J connectivity index is 1.99. The Bertz CT molecular complexity index is 1300. The zero-order chi connectivity index (χ0) is 25.8. The van der Waals surface area contributed by atoms with Gasteiger partial charge in [-0.25, -0.2) is 8.42 Å². The third kappa shape index (κ3) is 6.74. The lowest BCUT2D eigenvalue weighted by Gasteiger charge is -2.32. The minimum absolute atomic E-state index is 0.111. The molecule has 35 heavy (non-hydrogen) atoms. The van der Waals surface area contributed by atoms with Crippen molar-refractivity contribution in [3.63, 3.8) is 0 Å². The molecule has 2 amide bonds. The molecule has 0 fully saturated rings. The Hall–Kier alpha value is -3.10. The van der Waals surface area contributed by atoms with Crippen LogP contribution in [0.25, 0.3) is 10.8 Å². The summed E-state index contributed by atoms with van der Waals surface area (Å²) >= 11 is 6.00. The van der Waals surface area contributed by atoms with Crippen molar-refractivity contribution in [1.29, 1.82) is 0 Å². The first-order valence-electron chi connectivity index (χ1n) is 11.3. The second-order valence-corrected chi connectivity index (χ2v) is 11.1. The molecule has 0 aromatic heterocycles. The van der Waals surface area contributed by atoms with Crippen LogP contribution in [-0.2, 0) is 26.2 Å². The number of carbonyl (C=O) groups is 2. The molecule has 0 spiro atoms. The van der Waals surface area contributed by atoms with E-state index in [1.807, 2.05) is 44.2 Å². The number of carbonyl (C=O) groups excluding carboxylic acids is 2. The average Bonchev–Trinajstić information content (AvgIpc) is 2.80. The highest BCUT2D eigenvalue weighted by Crippen LogP contribution is 2.28. The lowest BCUT2D eigenvalue weighted by molar-refractivity contribution is -0.139. The molecule has 0 saturated heterocycles. The number of anilines is 1. The van der Waals surface area contributed by atoms with Crippen molar-refractivity contribution in [3.8, 4) is 0 Å². The van der Waals surface area contributed by atoms with Gasteiger partial charge in [-0.15, -0.1) is 0 Å². The zero-order valence-electron chi connectivity index (χ0n) is 20.2. The molecule has 186 valence electrons. The summed E-state index contributed by atoms with van der Waals surface area (Å²) in [5, 5.41) is 4.95. The van der Waals surface area contributed by atoms with Gasteiger partial charge in [0.1, 0.15) is 12.6 Å². The molecule has 0 aliphatic rings. The molecule has 1 atom stereocenters. The van der Waals surface area contributed by atoms with Crippen LogP contribution in [0.2, 0.25) is 5.02 Å². The van der Waals surface area contributed by atoms with Crippen LogP contribution >= 0.6 is 11.6 Å². The van der Waals surface area contributed by atoms with E-state index in [4.69, 9.17) is 11.6 Å². The topological polar surface area (TPSA) is 86.8 Å². The number of amides is 2. The summed E-state index contributed by atoms with van der Waals surface area (Å²) < 4.78 is 26.8. The van der Waals surface area contributed by atoms with Gasteiger partial charge in [0, 0.05) is 23.0 Å². The first kappa shape index (κ1) is 26.5. The van der Waals surface area contributed by atoms with Gasteiger partial charge < -0.3 is 10.2 Å². The zero-order valence-corrected chi connectivity index (χ0v) is 21.8. The van der Waals surface area contributed by atoms with Crippen molar-refractivity contribution in [3.05, 3.63) is 77.3 Å². The molecule has 0 heterocycles. The number of rotatable bonds is 9. The van der Waals surface area contributed by atoms with Gasteiger partial charge in [-0.1, -0.05) is 60.1 Å². The first-order chi connectivity index (χ1) is 16.5. The normalized spacial score (nSPS) is 12.4. The minimum Gasteiger partial charge on any atom is -0.352 e. The van der Waals surface area contributed by atoms with E-state index < -0.39 is 28.5 Å². The molecule has 1 unspecified atom stereocenters. The molecule has 9 heteroatoms. The maximum atomic E-state index is 13.6. The van der Waals surface area contributed by atoms with E-state index >= 15 is 0 Å². The van der Waals surface area contributed by atoms with Crippen LogP contribution in [0.3, 0.4) is 0 Å². The first-order valence-corrected chi connectivity index (χ1v) is 13.5. The lowest BCUT2D eigenvalue weighted by Crippen LogP contribution is -2.52. The number of nitrogens with one attached hydrogen (secondary N) is 1. The number of benzene rings is 3. The number of hydrogen-bond donors (Lipinski definition) is 1. The van der Waals surface area contributed by atoms with Gasteiger partial charge in [0.05, 0.1) is 11.9 Å². The van der Waals surface area contributed by atoms with Gasteiger partial charge in [-0.3, -0.25) is 13.9 Å². The predicted molar refractivity (Wildman–Crippen MR) is 141 cm³/mol. The third-order valence-corrected chi connectivity index (χ3v) is 6.96. The molecule has 7 nitrogen and oxygen atoms in total. The highest BCUT2D eigenvalue weighted by Gasteiger charge is 2.30. The van der Waals surface area contributed by atoms with Crippen molar-refractivity contribution >= 4 is 49.9 Å². The van der Waals surface area contributed by atoms with Crippen molar-refractivity contribution < 1.29 is 18.0 Å². The number of hydrogen-bond acceptors (Lipinski definition) is 4. The van der Waals surface area contributed by atoms with Gasteiger partial charge in [0.2, 0.25) is 21.8 Å². The third-order valence-electron chi connectivity index (χ3n) is 5.58. The highest BCUT2D eigenvalue weighted by atomic mass is 35.5. The number of halogens is 1. The van der Waals surface area contributed by atoms with Crippen molar-refractivity contribution in [2.24, 2.45) is 0 Å². The molecule has 0 radical (unpaired) electrons. The maximum absolute atomic E-state index is 13.6. The summed E-state index contributed by atoms with van der Waals surface area (Å²) in [7, 11) is -3.81. The van der Waals surface area contributed by atoms with Crippen molar-refractivity contribution in [1.82, 2.24) is 10.2 Å². The van der Waals surface area contributed by atoms with Crippen LogP contribution in [0.4, 0.5) is 5.69 Å². The Labute approximate surface area is 211 Å². The van der Waals surface area contributed by atoms with Gasteiger partial charge in [-0.05, 0) is 49.9 Å². The van der Waals surface area contributed by atoms with Gasteiger partial charge >= 0.3 is 0 Å². The van der Waals surface area contributed by atoms with E-state index in [-0.39, 0.29) is 18.5 Å². The number of fused-ring (bicyclic) bond motifs is 1. The van der Waals surface area contributed by atoms with Crippen LogP contribution in [0, 0.1) is 0 Å². The van der Waals surface area contributed by atoms with Crippen molar-refractivity contribution in [2.75, 3.05) is 17.1 Å². The fourth-order valence-electron chi connectivity index (χ4n) is 3.79. The van der Waals surface area contributed by atoms with Gasteiger partial charge in [0.15, 0.2) is 0 Å². The summed E-state index contributed by atoms with van der Waals surface area (Å²) in [4.78, 5) is 27.8. The Morgan fingerprint density at radius 2 is 1.57 bits per heavy atom. The van der Waals surface area contributed by atoms with E-state index in [0.29, 0.717) is 16.1 Å². The summed E-state index contributed by atoms with van der Waals surface area (Å²) in [5.41, 5.74) is 1.17. The maximum Gasteiger partial charge on any atom is 0.244 e. The second-order valence-electron chi connectivity index (χ2n) is 8.76. The SMILES string of the molecule is CC(C)NC(=O)C(C)N(Cc1ccc(Cl)cc1)C(=O)CN(c1cccc2ccccc12)S(C)(=O)=O. The molecule has 0 aliphatic carbocycles. The number of nitrogens with zero attached hydrogens (tertiary/aromatic N) is 2. The summed E-state index contributed by atoms with van der Waals surface area (Å²) in [6, 6.07) is 18.7. The molecule has 1 N–H and O–H groups in total. The molecule has 0 saturated carbocycles. The molecule has 3 aromatic carbocycles. The lowest BCUT2D eigenvalue weighted by atomic mass is 10.1. The van der Waals surface area contributed by atoms with Crippen LogP contribution in [0.15, 0.2) is 66.7 Å². The molecular weight excluding hydrogens is 486 g/mol. The quantitative estimate of drug-likeness (QED) is 0.462. The van der Waals surface area contributed by atoms with E-state index in [1.165, 1.54) is 4.90 Å². The Morgan fingerprint density at radius 3 is 2.20 bits per heavy atom. The van der Waals surface area contributed by atoms with Crippen LogP contribution in [0.1, 0.15) is 26.3 Å². The Morgan fingerprint density at radius 1 is 0.943 bits per heavy atom. The van der Waals surface area contributed by atoms with Crippen LogP contribution < -0.4 is 9.62 Å². The molecule has 0 bridgehead atoms. The summed E-state index contributed by atoms with van der Waals surface area (Å²) in [6.45, 7) is 4.98. The largest absolute Gasteiger partial charge is 0.352 e. The highest BCUT2D eigenvalue weighted by molar-refractivity contribution is 7.92. The molecule has 0 aliphatic heterocycles. The summed E-state index contributed by atoms with van der Waals surface area (Å²) in [5.74, 6) is -0.817. The summed E-state index contributed by atoms with van der Waals surface area (Å²) in [6.07, 6.45) is 1.07. The monoisotopic (exact) mass is 515 g/mol. The van der Waals surface area contributed by atoms with E-state index in [9.17, 15) is 18.0 Å². The minimum atomic E-state index is -3.81. The van der Waals surface area contributed by atoms with E-state index in [2.05, 4.69) is 5.32 Å². The standard InChI is InChI=1S/C26H30ClN3O4S/c1-18(2)28-26(32)19(3)29(16-20-12-14-22(27)15-13-20)25(31)17-30(35(4,33)34)24-11-7-9-21-8-5-6-10-23(21)24/h5-15,18-19H,16-17H2,1-4H3,(H,28,32). The average molecular weight is 516 g/mol. The van der Waals surface area contributed by atoms with Crippen LogP contribution in [-0.4, -0.2) is 50.0 Å². The molecular formula is C26H30ClN3O4S. The Kier molecular flexibility index (Phi) is 8.40. The van der Waals surface area contributed by atoms with E-state index in [0.717, 1.165) is 21.5 Å².